The summed E-state index contributed by atoms with van der Waals surface area (Å²) in [5.74, 6) is -0.145. The van der Waals surface area contributed by atoms with Gasteiger partial charge in [0, 0.05) is 29.6 Å². The van der Waals surface area contributed by atoms with Gasteiger partial charge in [-0.2, -0.15) is 0 Å². The number of halogens is 2. The fourth-order valence-electron chi connectivity index (χ4n) is 2.28. The van der Waals surface area contributed by atoms with Crippen LogP contribution in [-0.4, -0.2) is 22.4 Å². The summed E-state index contributed by atoms with van der Waals surface area (Å²) in [5.41, 5.74) is 1.95. The minimum atomic E-state index is -0.315. The minimum Gasteiger partial charge on any atom is -0.354 e. The lowest BCUT2D eigenvalue weighted by Crippen LogP contribution is -2.14. The third-order valence-electron chi connectivity index (χ3n) is 3.61. The molecule has 0 aliphatic carbocycles. The van der Waals surface area contributed by atoms with E-state index >= 15 is 0 Å². The van der Waals surface area contributed by atoms with Crippen molar-refractivity contribution < 1.29 is 9.18 Å². The predicted molar refractivity (Wildman–Crippen MR) is 100 cm³/mol. The Morgan fingerprint density at radius 2 is 1.81 bits per heavy atom. The van der Waals surface area contributed by atoms with Crippen LogP contribution in [0.25, 0.3) is 0 Å². The zero-order chi connectivity index (χ0) is 18.4. The maximum Gasteiger partial charge on any atom is 0.258 e. The van der Waals surface area contributed by atoms with Crippen molar-refractivity contribution in [2.24, 2.45) is 0 Å². The van der Waals surface area contributed by atoms with Gasteiger partial charge in [0.25, 0.3) is 5.91 Å². The summed E-state index contributed by atoms with van der Waals surface area (Å²) in [7, 11) is 0. The van der Waals surface area contributed by atoms with Crippen molar-refractivity contribution in [3.8, 4) is 0 Å². The third kappa shape index (κ3) is 5.00. The van der Waals surface area contributed by atoms with Gasteiger partial charge in [0.1, 0.15) is 5.82 Å². The van der Waals surface area contributed by atoms with Crippen molar-refractivity contribution in [2.45, 2.75) is 6.42 Å². The zero-order valence-corrected chi connectivity index (χ0v) is 14.5. The molecule has 0 saturated heterocycles. The van der Waals surface area contributed by atoms with Crippen LogP contribution in [0.1, 0.15) is 15.9 Å². The molecule has 3 aromatic rings. The Hall–Kier alpha value is -2.99. The predicted octanol–water partition coefficient (Wildman–Crippen LogP) is 4.18. The second-order valence-corrected chi connectivity index (χ2v) is 6.00. The van der Waals surface area contributed by atoms with Gasteiger partial charge >= 0.3 is 0 Å². The van der Waals surface area contributed by atoms with E-state index in [-0.39, 0.29) is 11.7 Å². The van der Waals surface area contributed by atoms with Crippen molar-refractivity contribution in [3.63, 3.8) is 0 Å². The van der Waals surface area contributed by atoms with E-state index in [0.29, 0.717) is 35.2 Å². The average molecular weight is 371 g/mol. The molecule has 2 N–H and O–H groups in total. The highest BCUT2D eigenvalue weighted by Crippen LogP contribution is 2.15. The van der Waals surface area contributed by atoms with Crippen LogP contribution >= 0.6 is 11.6 Å². The van der Waals surface area contributed by atoms with Crippen LogP contribution in [0, 0.1) is 5.82 Å². The number of amides is 1. The lowest BCUT2D eigenvalue weighted by atomic mass is 10.1. The highest BCUT2D eigenvalue weighted by atomic mass is 35.5. The first kappa shape index (κ1) is 17.8. The number of anilines is 2. The highest BCUT2D eigenvalue weighted by molar-refractivity contribution is 6.30. The number of carbonyl (C=O) groups is 1. The number of benzene rings is 2. The molecule has 2 aromatic carbocycles. The Morgan fingerprint density at radius 3 is 2.50 bits per heavy atom. The maximum absolute atomic E-state index is 12.9. The number of carbonyl (C=O) groups excluding carboxylic acids is 1. The summed E-state index contributed by atoms with van der Waals surface area (Å²) >= 11 is 5.89. The Balaban J connectivity index is 1.52. The monoisotopic (exact) mass is 370 g/mol. The number of hydrogen-bond donors (Lipinski definition) is 2. The van der Waals surface area contributed by atoms with Gasteiger partial charge in [0.05, 0.1) is 5.56 Å². The average Bonchev–Trinajstić information content (AvgIpc) is 2.64. The summed E-state index contributed by atoms with van der Waals surface area (Å²) in [6.45, 7) is 0.597. The van der Waals surface area contributed by atoms with Gasteiger partial charge in [-0.05, 0) is 42.3 Å². The summed E-state index contributed by atoms with van der Waals surface area (Å²) in [6.07, 6.45) is 3.61. The second-order valence-electron chi connectivity index (χ2n) is 5.56. The molecule has 0 aliphatic rings. The van der Waals surface area contributed by atoms with Gasteiger partial charge in [-0.1, -0.05) is 29.8 Å². The number of nitrogens with one attached hydrogen (secondary N) is 2. The molecule has 5 nitrogen and oxygen atoms in total. The molecular weight excluding hydrogens is 355 g/mol. The highest BCUT2D eigenvalue weighted by Gasteiger charge is 2.08. The molecule has 0 atom stereocenters. The van der Waals surface area contributed by atoms with Crippen LogP contribution in [0.15, 0.2) is 60.9 Å². The number of rotatable bonds is 6. The van der Waals surface area contributed by atoms with Gasteiger partial charge < -0.3 is 10.6 Å². The van der Waals surface area contributed by atoms with Crippen molar-refractivity contribution >= 4 is 29.1 Å². The largest absolute Gasteiger partial charge is 0.354 e. The van der Waals surface area contributed by atoms with Gasteiger partial charge in [0.2, 0.25) is 5.95 Å². The Labute approximate surface area is 155 Å². The van der Waals surface area contributed by atoms with Crippen LogP contribution in [0.2, 0.25) is 5.02 Å². The fourth-order valence-corrected chi connectivity index (χ4v) is 2.47. The molecule has 1 amide bonds. The first-order valence-corrected chi connectivity index (χ1v) is 8.35. The van der Waals surface area contributed by atoms with Crippen molar-refractivity contribution in [1.82, 2.24) is 9.97 Å². The molecule has 0 unspecified atom stereocenters. The summed E-state index contributed by atoms with van der Waals surface area (Å²) in [6, 6.07) is 13.2. The lowest BCUT2D eigenvalue weighted by Gasteiger charge is -2.07. The molecule has 7 heteroatoms. The van der Waals surface area contributed by atoms with E-state index in [1.54, 1.807) is 36.4 Å². The zero-order valence-electron chi connectivity index (χ0n) is 13.7. The van der Waals surface area contributed by atoms with Gasteiger partial charge in [-0.25, -0.2) is 14.4 Å². The van der Waals surface area contributed by atoms with Crippen LogP contribution < -0.4 is 10.6 Å². The Morgan fingerprint density at radius 1 is 1.08 bits per heavy atom. The van der Waals surface area contributed by atoms with E-state index in [0.717, 1.165) is 5.56 Å². The summed E-state index contributed by atoms with van der Waals surface area (Å²) in [4.78, 5) is 20.4. The van der Waals surface area contributed by atoms with E-state index in [1.165, 1.54) is 24.5 Å². The van der Waals surface area contributed by atoms with Crippen LogP contribution in [0.3, 0.4) is 0 Å². The van der Waals surface area contributed by atoms with E-state index < -0.39 is 0 Å². The van der Waals surface area contributed by atoms with Crippen molar-refractivity contribution in [2.75, 3.05) is 17.2 Å². The van der Waals surface area contributed by atoms with E-state index in [4.69, 9.17) is 11.6 Å². The normalized spacial score (nSPS) is 10.4. The van der Waals surface area contributed by atoms with Crippen LogP contribution in [0.5, 0.6) is 0 Å². The first-order chi connectivity index (χ1) is 12.6. The molecule has 0 bridgehead atoms. The number of nitrogens with zero attached hydrogens (tertiary/aromatic N) is 2. The topological polar surface area (TPSA) is 66.9 Å². The molecule has 0 aliphatic heterocycles. The van der Waals surface area contributed by atoms with Gasteiger partial charge in [-0.15, -0.1) is 0 Å². The van der Waals surface area contributed by atoms with Gasteiger partial charge in [-0.3, -0.25) is 4.79 Å². The second kappa shape index (κ2) is 8.40. The standard InChI is InChI=1S/C19H16ClFN4O/c20-15-2-1-3-17(10-15)25-18(26)14-11-23-19(24-12-14)22-9-8-13-4-6-16(21)7-5-13/h1-7,10-12H,8-9H2,(H,25,26)(H,22,23,24). The quantitative estimate of drug-likeness (QED) is 0.683. The van der Waals surface area contributed by atoms with E-state index in [2.05, 4.69) is 20.6 Å². The third-order valence-corrected chi connectivity index (χ3v) is 3.84. The molecular formula is C19H16ClFN4O. The molecule has 0 radical (unpaired) electrons. The number of aromatic nitrogens is 2. The smallest absolute Gasteiger partial charge is 0.258 e. The van der Waals surface area contributed by atoms with Crippen LogP contribution in [-0.2, 0) is 6.42 Å². The SMILES string of the molecule is O=C(Nc1cccc(Cl)c1)c1cnc(NCCc2ccc(F)cc2)nc1. The molecule has 132 valence electrons. The first-order valence-electron chi connectivity index (χ1n) is 7.97. The molecule has 3 rings (SSSR count). The molecule has 1 heterocycles. The molecule has 0 fully saturated rings. The number of hydrogen-bond acceptors (Lipinski definition) is 4. The minimum absolute atomic E-state index is 0.253. The Kier molecular flexibility index (Phi) is 5.76. The van der Waals surface area contributed by atoms with E-state index in [9.17, 15) is 9.18 Å². The van der Waals surface area contributed by atoms with Crippen LogP contribution in [0.4, 0.5) is 16.0 Å². The molecule has 1 aromatic heterocycles. The van der Waals surface area contributed by atoms with E-state index in [1.807, 2.05) is 0 Å². The van der Waals surface area contributed by atoms with Crippen molar-refractivity contribution in [3.05, 3.63) is 82.9 Å². The lowest BCUT2D eigenvalue weighted by molar-refractivity contribution is 0.102. The van der Waals surface area contributed by atoms with Crippen molar-refractivity contribution in [1.29, 1.82) is 0 Å². The maximum atomic E-state index is 12.9. The molecule has 26 heavy (non-hydrogen) atoms. The van der Waals surface area contributed by atoms with Gasteiger partial charge in [0.15, 0.2) is 0 Å². The Bertz CT molecular complexity index is 885. The molecule has 0 spiro atoms. The fraction of sp³-hybridized carbons (Fsp3) is 0.105. The summed E-state index contributed by atoms with van der Waals surface area (Å²) in [5, 5.41) is 6.34. The molecule has 0 saturated carbocycles. The summed E-state index contributed by atoms with van der Waals surface area (Å²) < 4.78 is 12.9.